The van der Waals surface area contributed by atoms with Crippen LogP contribution in [0, 0.1) is 5.92 Å². The molecule has 1 rings (SSSR count). The predicted molar refractivity (Wildman–Crippen MR) is 71.3 cm³/mol. The first-order chi connectivity index (χ1) is 8.17. The third-order valence-corrected chi connectivity index (χ3v) is 2.98. The maximum Gasteiger partial charge on any atom is 0.119 e. The summed E-state index contributed by atoms with van der Waals surface area (Å²) in [7, 11) is 0. The monoisotopic (exact) mass is 236 g/mol. The van der Waals surface area contributed by atoms with E-state index in [0.29, 0.717) is 12.5 Å². The molecule has 1 N–H and O–H groups in total. The molecule has 0 aliphatic rings. The molecule has 0 spiro atoms. The third kappa shape index (κ3) is 4.78. The van der Waals surface area contributed by atoms with Gasteiger partial charge >= 0.3 is 0 Å². The highest BCUT2D eigenvalue weighted by Crippen LogP contribution is 2.25. The molecule has 2 nitrogen and oxygen atoms in total. The summed E-state index contributed by atoms with van der Waals surface area (Å²) in [6.45, 7) is 7.02. The van der Waals surface area contributed by atoms with Crippen molar-refractivity contribution in [3.8, 4) is 5.75 Å². The topological polar surface area (TPSA) is 29.5 Å². The van der Waals surface area contributed by atoms with Crippen LogP contribution >= 0.6 is 0 Å². The number of aliphatic hydroxyl groups is 1. The first-order valence-electron chi connectivity index (χ1n) is 6.58. The molecule has 0 aliphatic heterocycles. The number of hydrogen-bond donors (Lipinski definition) is 1. The fourth-order valence-electron chi connectivity index (χ4n) is 2.08. The molecule has 17 heavy (non-hydrogen) atoms. The van der Waals surface area contributed by atoms with Crippen LogP contribution in [0.15, 0.2) is 24.3 Å². The Morgan fingerprint density at radius 1 is 1.18 bits per heavy atom. The fourth-order valence-corrected chi connectivity index (χ4v) is 2.08. The zero-order valence-corrected chi connectivity index (χ0v) is 11.1. The van der Waals surface area contributed by atoms with Crippen molar-refractivity contribution in [2.75, 3.05) is 6.61 Å². The van der Waals surface area contributed by atoms with Crippen LogP contribution in [0.1, 0.15) is 51.7 Å². The summed E-state index contributed by atoms with van der Waals surface area (Å²) in [5.41, 5.74) is 0.983. The first-order valence-corrected chi connectivity index (χ1v) is 6.58. The molecule has 1 aromatic carbocycles. The summed E-state index contributed by atoms with van der Waals surface area (Å²) in [5.74, 6) is 1.44. The van der Waals surface area contributed by atoms with Crippen LogP contribution in [0.5, 0.6) is 5.75 Å². The van der Waals surface area contributed by atoms with Gasteiger partial charge in [-0.1, -0.05) is 38.8 Å². The smallest absolute Gasteiger partial charge is 0.119 e. The summed E-state index contributed by atoms with van der Waals surface area (Å²) in [4.78, 5) is 0. The molecule has 0 heterocycles. The van der Waals surface area contributed by atoms with Crippen molar-refractivity contribution in [3.05, 3.63) is 29.8 Å². The van der Waals surface area contributed by atoms with Gasteiger partial charge in [0.15, 0.2) is 0 Å². The fraction of sp³-hybridized carbons (Fsp3) is 0.600. The van der Waals surface area contributed by atoms with Gasteiger partial charge in [-0.05, 0) is 37.0 Å². The van der Waals surface area contributed by atoms with Gasteiger partial charge in [-0.2, -0.15) is 0 Å². The van der Waals surface area contributed by atoms with Crippen molar-refractivity contribution < 1.29 is 9.84 Å². The minimum absolute atomic E-state index is 0.354. The van der Waals surface area contributed by atoms with Gasteiger partial charge in [-0.15, -0.1) is 0 Å². The average molecular weight is 236 g/mol. The van der Waals surface area contributed by atoms with Crippen LogP contribution in [-0.2, 0) is 0 Å². The summed E-state index contributed by atoms with van der Waals surface area (Å²) < 4.78 is 5.38. The standard InChI is InChI=1S/C15H24O2/c1-4-6-12(3)11-15(16)13-7-9-14(10-8-13)17-5-2/h7-10,12,15-16H,4-6,11H2,1-3H3. The highest BCUT2D eigenvalue weighted by Gasteiger charge is 2.11. The first kappa shape index (κ1) is 14.0. The van der Waals surface area contributed by atoms with Gasteiger partial charge < -0.3 is 9.84 Å². The van der Waals surface area contributed by atoms with E-state index in [9.17, 15) is 5.11 Å². The predicted octanol–water partition coefficient (Wildman–Crippen LogP) is 3.95. The molecule has 0 radical (unpaired) electrons. The number of ether oxygens (including phenoxy) is 1. The highest BCUT2D eigenvalue weighted by atomic mass is 16.5. The van der Waals surface area contributed by atoms with E-state index < -0.39 is 0 Å². The Labute approximate surface area is 105 Å². The van der Waals surface area contributed by atoms with Gasteiger partial charge in [0.1, 0.15) is 5.75 Å². The van der Waals surface area contributed by atoms with Crippen LogP contribution < -0.4 is 4.74 Å². The highest BCUT2D eigenvalue weighted by molar-refractivity contribution is 5.28. The third-order valence-electron chi connectivity index (χ3n) is 2.98. The molecule has 0 bridgehead atoms. The van der Waals surface area contributed by atoms with Crippen LogP contribution in [0.25, 0.3) is 0 Å². The normalized spacial score (nSPS) is 14.4. The average Bonchev–Trinajstić information content (AvgIpc) is 2.30. The SMILES string of the molecule is CCCC(C)CC(O)c1ccc(OCC)cc1. The second-order valence-corrected chi connectivity index (χ2v) is 4.65. The van der Waals surface area contributed by atoms with Gasteiger partial charge in [0.05, 0.1) is 12.7 Å². The summed E-state index contributed by atoms with van der Waals surface area (Å²) in [6, 6.07) is 7.75. The molecule has 0 aliphatic carbocycles. The number of rotatable bonds is 7. The van der Waals surface area contributed by atoms with E-state index in [1.54, 1.807) is 0 Å². The van der Waals surface area contributed by atoms with E-state index in [1.165, 1.54) is 12.8 Å². The van der Waals surface area contributed by atoms with E-state index in [0.717, 1.165) is 17.7 Å². The second kappa shape index (κ2) is 7.33. The minimum atomic E-state index is -0.354. The van der Waals surface area contributed by atoms with Crippen molar-refractivity contribution in [1.29, 1.82) is 0 Å². The Balaban J connectivity index is 2.53. The lowest BCUT2D eigenvalue weighted by Crippen LogP contribution is -2.04. The second-order valence-electron chi connectivity index (χ2n) is 4.65. The molecule has 0 amide bonds. The summed E-state index contributed by atoms with van der Waals surface area (Å²) in [6.07, 6.45) is 2.83. The maximum atomic E-state index is 10.1. The number of hydrogen-bond acceptors (Lipinski definition) is 2. The lowest BCUT2D eigenvalue weighted by molar-refractivity contribution is 0.145. The van der Waals surface area contributed by atoms with Crippen molar-refractivity contribution in [2.45, 2.75) is 46.1 Å². The van der Waals surface area contributed by atoms with Crippen LogP contribution in [-0.4, -0.2) is 11.7 Å². The maximum absolute atomic E-state index is 10.1. The molecular formula is C15H24O2. The number of aliphatic hydroxyl groups excluding tert-OH is 1. The zero-order valence-electron chi connectivity index (χ0n) is 11.1. The molecule has 2 atom stereocenters. The van der Waals surface area contributed by atoms with Gasteiger partial charge in [-0.3, -0.25) is 0 Å². The molecule has 0 saturated heterocycles. The van der Waals surface area contributed by atoms with Crippen LogP contribution in [0.4, 0.5) is 0 Å². The van der Waals surface area contributed by atoms with E-state index in [2.05, 4.69) is 13.8 Å². The molecule has 1 aromatic rings. The quantitative estimate of drug-likeness (QED) is 0.777. The summed E-state index contributed by atoms with van der Waals surface area (Å²) in [5, 5.41) is 10.1. The van der Waals surface area contributed by atoms with E-state index in [1.807, 2.05) is 31.2 Å². The van der Waals surface area contributed by atoms with E-state index in [4.69, 9.17) is 4.74 Å². The molecule has 2 heteroatoms. The minimum Gasteiger partial charge on any atom is -0.494 e. The van der Waals surface area contributed by atoms with Crippen molar-refractivity contribution in [2.24, 2.45) is 5.92 Å². The van der Waals surface area contributed by atoms with Gasteiger partial charge in [-0.25, -0.2) is 0 Å². The van der Waals surface area contributed by atoms with Crippen molar-refractivity contribution in [1.82, 2.24) is 0 Å². The van der Waals surface area contributed by atoms with E-state index in [-0.39, 0.29) is 6.10 Å². The Morgan fingerprint density at radius 3 is 2.35 bits per heavy atom. The van der Waals surface area contributed by atoms with Gasteiger partial charge in [0.2, 0.25) is 0 Å². The summed E-state index contributed by atoms with van der Waals surface area (Å²) >= 11 is 0. The lowest BCUT2D eigenvalue weighted by atomic mass is 9.95. The van der Waals surface area contributed by atoms with Gasteiger partial charge in [0, 0.05) is 0 Å². The van der Waals surface area contributed by atoms with Gasteiger partial charge in [0.25, 0.3) is 0 Å². The molecule has 0 aromatic heterocycles. The van der Waals surface area contributed by atoms with E-state index >= 15 is 0 Å². The molecule has 0 fully saturated rings. The molecule has 96 valence electrons. The Bertz CT molecular complexity index is 305. The van der Waals surface area contributed by atoms with Crippen molar-refractivity contribution in [3.63, 3.8) is 0 Å². The van der Waals surface area contributed by atoms with Crippen molar-refractivity contribution >= 4 is 0 Å². The zero-order chi connectivity index (χ0) is 12.7. The Kier molecular flexibility index (Phi) is 6.06. The molecular weight excluding hydrogens is 212 g/mol. The molecule has 2 unspecified atom stereocenters. The van der Waals surface area contributed by atoms with Crippen LogP contribution in [0.2, 0.25) is 0 Å². The largest absolute Gasteiger partial charge is 0.494 e. The molecule has 0 saturated carbocycles. The Morgan fingerprint density at radius 2 is 1.82 bits per heavy atom. The Hall–Kier alpha value is -1.02. The lowest BCUT2D eigenvalue weighted by Gasteiger charge is -2.16. The van der Waals surface area contributed by atoms with Crippen LogP contribution in [0.3, 0.4) is 0 Å². The number of benzene rings is 1.